The molecule has 5 heteroatoms. The third-order valence-electron chi connectivity index (χ3n) is 4.32. The second-order valence-corrected chi connectivity index (χ2v) is 5.96. The van der Waals surface area contributed by atoms with Crippen LogP contribution in [0.3, 0.4) is 0 Å². The van der Waals surface area contributed by atoms with Gasteiger partial charge in [-0.2, -0.15) is 0 Å². The van der Waals surface area contributed by atoms with Gasteiger partial charge in [0.05, 0.1) is 7.11 Å². The number of carbonyl (C=O) groups is 1. The van der Waals surface area contributed by atoms with Crippen molar-refractivity contribution in [1.29, 1.82) is 0 Å². The van der Waals surface area contributed by atoms with Crippen LogP contribution in [0.2, 0.25) is 0 Å². The normalized spacial score (nSPS) is 15.8. The number of hydrogen-bond donors (Lipinski definition) is 1. The van der Waals surface area contributed by atoms with Gasteiger partial charge in [0.25, 0.3) is 0 Å². The Morgan fingerprint density at radius 1 is 1.36 bits per heavy atom. The van der Waals surface area contributed by atoms with Crippen molar-refractivity contribution < 1.29 is 9.53 Å². The van der Waals surface area contributed by atoms with E-state index in [1.165, 1.54) is 19.5 Å². The van der Waals surface area contributed by atoms with Gasteiger partial charge in [0.15, 0.2) is 0 Å². The smallest absolute Gasteiger partial charge is 0.321 e. The van der Waals surface area contributed by atoms with E-state index < -0.39 is 0 Å². The largest absolute Gasteiger partial charge is 0.497 e. The van der Waals surface area contributed by atoms with Crippen LogP contribution in [0.15, 0.2) is 24.3 Å². The molecular weight excluding hydrogens is 278 g/mol. The van der Waals surface area contributed by atoms with Crippen LogP contribution in [0.4, 0.5) is 10.5 Å². The highest BCUT2D eigenvalue weighted by Gasteiger charge is 2.19. The van der Waals surface area contributed by atoms with Gasteiger partial charge < -0.3 is 19.9 Å². The van der Waals surface area contributed by atoms with Crippen LogP contribution < -0.4 is 10.1 Å². The first-order valence-corrected chi connectivity index (χ1v) is 8.00. The van der Waals surface area contributed by atoms with Crippen molar-refractivity contribution in [3.8, 4) is 5.75 Å². The monoisotopic (exact) mass is 305 g/mol. The van der Waals surface area contributed by atoms with Crippen LogP contribution in [0.1, 0.15) is 26.2 Å². The molecule has 1 fully saturated rings. The van der Waals surface area contributed by atoms with E-state index in [4.69, 9.17) is 4.74 Å². The molecule has 1 saturated heterocycles. The lowest BCUT2D eigenvalue weighted by atomic mass is 10.1. The van der Waals surface area contributed by atoms with E-state index >= 15 is 0 Å². The molecule has 1 aliphatic heterocycles. The molecule has 0 aliphatic carbocycles. The minimum atomic E-state index is -0.0678. The number of rotatable bonds is 7. The first-order chi connectivity index (χ1) is 10.6. The fourth-order valence-corrected chi connectivity index (χ4v) is 2.58. The van der Waals surface area contributed by atoms with Gasteiger partial charge in [0.2, 0.25) is 0 Å². The molecule has 0 bridgehead atoms. The highest BCUT2D eigenvalue weighted by atomic mass is 16.5. The van der Waals surface area contributed by atoms with E-state index in [-0.39, 0.29) is 6.03 Å². The number of methoxy groups -OCH3 is 1. The lowest BCUT2D eigenvalue weighted by Crippen LogP contribution is -2.44. The SMILES string of the molecule is COc1ccc(NC(=O)N(C)CCCC(C)N2CCC2)cc1. The first kappa shape index (κ1) is 16.6. The third-order valence-corrected chi connectivity index (χ3v) is 4.32. The summed E-state index contributed by atoms with van der Waals surface area (Å²) in [4.78, 5) is 16.4. The molecule has 2 amide bonds. The standard InChI is InChI=1S/C17H27N3O2/c1-14(20-12-5-13-20)6-4-11-19(2)17(21)18-15-7-9-16(22-3)10-8-15/h7-10,14H,4-6,11-13H2,1-3H3,(H,18,21). The van der Waals surface area contributed by atoms with Crippen molar-refractivity contribution >= 4 is 11.7 Å². The zero-order chi connectivity index (χ0) is 15.9. The zero-order valence-electron chi connectivity index (χ0n) is 13.8. The highest BCUT2D eigenvalue weighted by Crippen LogP contribution is 2.16. The van der Waals surface area contributed by atoms with E-state index in [2.05, 4.69) is 17.1 Å². The predicted molar refractivity (Wildman–Crippen MR) is 89.5 cm³/mol. The molecule has 0 aromatic heterocycles. The Morgan fingerprint density at radius 2 is 2.05 bits per heavy atom. The van der Waals surface area contributed by atoms with Crippen LogP contribution >= 0.6 is 0 Å². The predicted octanol–water partition coefficient (Wildman–Crippen LogP) is 3.03. The van der Waals surface area contributed by atoms with Crippen LogP contribution in [0, 0.1) is 0 Å². The molecule has 1 aromatic carbocycles. The molecule has 1 aliphatic rings. The van der Waals surface area contributed by atoms with Gasteiger partial charge in [-0.15, -0.1) is 0 Å². The maximum atomic E-state index is 12.1. The molecule has 0 spiro atoms. The number of urea groups is 1. The number of amides is 2. The van der Waals surface area contributed by atoms with Crippen molar-refractivity contribution in [2.45, 2.75) is 32.2 Å². The minimum Gasteiger partial charge on any atom is -0.497 e. The number of benzene rings is 1. The summed E-state index contributed by atoms with van der Waals surface area (Å²) in [5, 5.41) is 2.90. The molecule has 1 aromatic rings. The number of anilines is 1. The van der Waals surface area contributed by atoms with Gasteiger partial charge in [-0.05, 0) is 63.5 Å². The van der Waals surface area contributed by atoms with Gasteiger partial charge >= 0.3 is 6.03 Å². The van der Waals surface area contributed by atoms with Gasteiger partial charge in [-0.1, -0.05) is 0 Å². The number of nitrogens with zero attached hydrogens (tertiary/aromatic N) is 2. The fraction of sp³-hybridized carbons (Fsp3) is 0.588. The quantitative estimate of drug-likeness (QED) is 0.842. The topological polar surface area (TPSA) is 44.8 Å². The van der Waals surface area contributed by atoms with E-state index in [1.807, 2.05) is 31.3 Å². The Bertz CT molecular complexity index is 471. The second-order valence-electron chi connectivity index (χ2n) is 5.96. The summed E-state index contributed by atoms with van der Waals surface area (Å²) in [6, 6.07) is 7.93. The summed E-state index contributed by atoms with van der Waals surface area (Å²) in [6.07, 6.45) is 3.50. The summed E-state index contributed by atoms with van der Waals surface area (Å²) in [7, 11) is 3.47. The van der Waals surface area contributed by atoms with E-state index in [9.17, 15) is 4.79 Å². The Morgan fingerprint density at radius 3 is 2.59 bits per heavy atom. The fourth-order valence-electron chi connectivity index (χ4n) is 2.58. The zero-order valence-corrected chi connectivity index (χ0v) is 13.8. The molecule has 1 heterocycles. The summed E-state index contributed by atoms with van der Waals surface area (Å²) < 4.78 is 5.10. The summed E-state index contributed by atoms with van der Waals surface area (Å²) >= 11 is 0. The van der Waals surface area contributed by atoms with Crippen molar-refractivity contribution in [3.05, 3.63) is 24.3 Å². The number of nitrogens with one attached hydrogen (secondary N) is 1. The van der Waals surface area contributed by atoms with Crippen molar-refractivity contribution in [2.75, 3.05) is 39.1 Å². The molecule has 1 unspecified atom stereocenters. The molecule has 0 radical (unpaired) electrons. The van der Waals surface area contributed by atoms with Gasteiger partial charge in [0, 0.05) is 25.3 Å². The van der Waals surface area contributed by atoms with E-state index in [0.717, 1.165) is 30.8 Å². The molecule has 122 valence electrons. The highest BCUT2D eigenvalue weighted by molar-refractivity contribution is 5.89. The Hall–Kier alpha value is -1.75. The average Bonchev–Trinajstić information content (AvgIpc) is 2.46. The summed E-state index contributed by atoms with van der Waals surface area (Å²) in [5.74, 6) is 0.784. The molecule has 1 atom stereocenters. The van der Waals surface area contributed by atoms with Crippen molar-refractivity contribution in [3.63, 3.8) is 0 Å². The molecule has 2 rings (SSSR count). The Balaban J connectivity index is 1.69. The first-order valence-electron chi connectivity index (χ1n) is 8.00. The van der Waals surface area contributed by atoms with Gasteiger partial charge in [-0.25, -0.2) is 4.79 Å². The van der Waals surface area contributed by atoms with Crippen molar-refractivity contribution in [1.82, 2.24) is 9.80 Å². The number of carbonyl (C=O) groups excluding carboxylic acids is 1. The van der Waals surface area contributed by atoms with Crippen LogP contribution in [0.25, 0.3) is 0 Å². The molecule has 0 saturated carbocycles. The average molecular weight is 305 g/mol. The lowest BCUT2D eigenvalue weighted by molar-refractivity contribution is 0.119. The Labute approximate surface area is 133 Å². The van der Waals surface area contributed by atoms with Crippen LogP contribution in [0.5, 0.6) is 5.75 Å². The molecule has 5 nitrogen and oxygen atoms in total. The number of ether oxygens (including phenoxy) is 1. The summed E-state index contributed by atoms with van der Waals surface area (Å²) in [6.45, 7) is 5.51. The van der Waals surface area contributed by atoms with Crippen molar-refractivity contribution in [2.24, 2.45) is 0 Å². The summed E-state index contributed by atoms with van der Waals surface area (Å²) in [5.41, 5.74) is 0.784. The molecular formula is C17H27N3O2. The maximum absolute atomic E-state index is 12.1. The van der Waals surface area contributed by atoms with Gasteiger partial charge in [-0.3, -0.25) is 0 Å². The lowest BCUT2D eigenvalue weighted by Gasteiger charge is -2.36. The van der Waals surface area contributed by atoms with E-state index in [1.54, 1.807) is 12.0 Å². The number of likely N-dealkylation sites (tertiary alicyclic amines) is 1. The Kier molecular flexibility index (Phi) is 6.07. The molecule has 1 N–H and O–H groups in total. The van der Waals surface area contributed by atoms with Crippen LogP contribution in [-0.2, 0) is 0 Å². The van der Waals surface area contributed by atoms with E-state index in [0.29, 0.717) is 6.04 Å². The minimum absolute atomic E-state index is 0.0678. The van der Waals surface area contributed by atoms with Gasteiger partial charge in [0.1, 0.15) is 5.75 Å². The van der Waals surface area contributed by atoms with Crippen LogP contribution in [-0.4, -0.2) is 55.7 Å². The number of hydrogen-bond acceptors (Lipinski definition) is 3. The maximum Gasteiger partial charge on any atom is 0.321 e. The second kappa shape index (κ2) is 8.03. The molecule has 22 heavy (non-hydrogen) atoms. The third kappa shape index (κ3) is 4.63.